The van der Waals surface area contributed by atoms with Gasteiger partial charge in [-0.05, 0) is 30.7 Å². The topological polar surface area (TPSA) is 90.0 Å². The first-order valence-corrected chi connectivity index (χ1v) is 11.2. The van der Waals surface area contributed by atoms with Crippen LogP contribution >= 0.6 is 0 Å². The van der Waals surface area contributed by atoms with Gasteiger partial charge in [0, 0.05) is 5.69 Å². The predicted molar refractivity (Wildman–Crippen MR) is 108 cm³/mol. The molecule has 8 heteroatoms. The van der Waals surface area contributed by atoms with Crippen LogP contribution in [0.1, 0.15) is 12.8 Å². The summed E-state index contributed by atoms with van der Waals surface area (Å²) in [4.78, 5) is 26.1. The Hall–Kier alpha value is -2.87. The summed E-state index contributed by atoms with van der Waals surface area (Å²) < 4.78 is 34.3. The molecule has 0 bridgehead atoms. The molecule has 0 unspecified atom stereocenters. The smallest absolute Gasteiger partial charge is 0.309 e. The maximum absolute atomic E-state index is 12.8. The van der Waals surface area contributed by atoms with Crippen molar-refractivity contribution in [1.29, 1.82) is 0 Å². The van der Waals surface area contributed by atoms with E-state index in [0.717, 1.165) is 0 Å². The van der Waals surface area contributed by atoms with Gasteiger partial charge >= 0.3 is 5.97 Å². The Bertz CT molecular complexity index is 930. The summed E-state index contributed by atoms with van der Waals surface area (Å²) in [6, 6.07) is 17.4. The van der Waals surface area contributed by atoms with E-state index in [0.29, 0.717) is 17.9 Å². The number of nitrogens with zero attached hydrogens (tertiary/aromatic N) is 1. The maximum Gasteiger partial charge on any atom is 0.309 e. The third-order valence-electron chi connectivity index (χ3n) is 4.55. The van der Waals surface area contributed by atoms with Gasteiger partial charge in [0.05, 0.1) is 30.6 Å². The van der Waals surface area contributed by atoms with Gasteiger partial charge in [0.25, 0.3) is 5.91 Å². The lowest BCUT2D eigenvalue weighted by atomic mass is 10.2. The highest BCUT2D eigenvalue weighted by Gasteiger charge is 2.35. The molecule has 0 spiro atoms. The number of para-hydroxylation sites is 2. The molecule has 1 aliphatic rings. The molecule has 0 radical (unpaired) electrons. The number of carbonyl (C=O) groups is 2. The van der Waals surface area contributed by atoms with Gasteiger partial charge < -0.3 is 14.4 Å². The van der Waals surface area contributed by atoms with Crippen LogP contribution in [-0.2, 0) is 24.2 Å². The molecule has 1 heterocycles. The molecule has 0 aliphatic carbocycles. The summed E-state index contributed by atoms with van der Waals surface area (Å²) in [6.07, 6.45) is 0.368. The fourth-order valence-corrected chi connectivity index (χ4v) is 4.88. The molecule has 1 saturated heterocycles. The van der Waals surface area contributed by atoms with Crippen molar-refractivity contribution < 1.29 is 27.5 Å². The van der Waals surface area contributed by atoms with Crippen molar-refractivity contribution in [2.24, 2.45) is 0 Å². The Labute approximate surface area is 170 Å². The molecule has 3 rings (SSSR count). The van der Waals surface area contributed by atoms with Crippen LogP contribution in [0.2, 0.25) is 0 Å². The Morgan fingerprint density at radius 2 is 1.66 bits per heavy atom. The van der Waals surface area contributed by atoms with Crippen molar-refractivity contribution in [2.75, 3.05) is 29.6 Å². The lowest BCUT2D eigenvalue weighted by molar-refractivity contribution is -0.148. The van der Waals surface area contributed by atoms with E-state index in [9.17, 15) is 18.0 Å². The molecular formula is C21H23NO6S. The van der Waals surface area contributed by atoms with Gasteiger partial charge in [-0.15, -0.1) is 0 Å². The summed E-state index contributed by atoms with van der Waals surface area (Å²) in [5.74, 6) is -0.400. The molecular weight excluding hydrogens is 394 g/mol. The van der Waals surface area contributed by atoms with Gasteiger partial charge in [0.1, 0.15) is 5.75 Å². The van der Waals surface area contributed by atoms with Crippen LogP contribution in [0, 0.1) is 0 Å². The number of sulfone groups is 1. The Morgan fingerprint density at radius 3 is 2.28 bits per heavy atom. The number of amides is 1. The van der Waals surface area contributed by atoms with Crippen LogP contribution in [0.3, 0.4) is 0 Å². The summed E-state index contributed by atoms with van der Waals surface area (Å²) in [6.45, 7) is -0.310. The number of carbonyl (C=O) groups excluding carboxylic acids is 2. The van der Waals surface area contributed by atoms with E-state index in [4.69, 9.17) is 9.47 Å². The Kier molecular flexibility index (Phi) is 6.87. The number of hydrogen-bond acceptors (Lipinski definition) is 6. The number of anilines is 1. The molecule has 2 aromatic rings. The van der Waals surface area contributed by atoms with E-state index in [1.807, 2.05) is 24.3 Å². The first kappa shape index (κ1) is 20.9. The summed E-state index contributed by atoms with van der Waals surface area (Å²) in [5.41, 5.74) is 0.586. The van der Waals surface area contributed by atoms with Crippen molar-refractivity contribution in [1.82, 2.24) is 0 Å². The molecule has 1 fully saturated rings. The van der Waals surface area contributed by atoms with E-state index in [1.54, 1.807) is 36.4 Å². The van der Waals surface area contributed by atoms with Crippen molar-refractivity contribution in [3.05, 3.63) is 60.7 Å². The van der Waals surface area contributed by atoms with Crippen molar-refractivity contribution in [2.45, 2.75) is 18.9 Å². The highest BCUT2D eigenvalue weighted by atomic mass is 32.2. The Balaban J connectivity index is 1.55. The minimum absolute atomic E-state index is 0.00528. The highest BCUT2D eigenvalue weighted by Crippen LogP contribution is 2.24. The van der Waals surface area contributed by atoms with Crippen molar-refractivity contribution in [3.63, 3.8) is 0 Å². The Morgan fingerprint density at radius 1 is 1.00 bits per heavy atom. The molecule has 1 amide bonds. The largest absolute Gasteiger partial charge is 0.493 e. The van der Waals surface area contributed by atoms with Crippen LogP contribution in [-0.4, -0.2) is 51.1 Å². The van der Waals surface area contributed by atoms with Gasteiger partial charge in [-0.2, -0.15) is 0 Å². The second kappa shape index (κ2) is 9.56. The summed E-state index contributed by atoms with van der Waals surface area (Å²) in [5, 5.41) is 0. The number of benzene rings is 2. The second-order valence-electron chi connectivity index (χ2n) is 6.73. The van der Waals surface area contributed by atoms with Gasteiger partial charge in [0.2, 0.25) is 0 Å². The van der Waals surface area contributed by atoms with Crippen molar-refractivity contribution >= 4 is 27.4 Å². The second-order valence-corrected chi connectivity index (χ2v) is 8.96. The predicted octanol–water partition coefficient (Wildman–Crippen LogP) is 2.22. The van der Waals surface area contributed by atoms with Crippen LogP contribution < -0.4 is 9.64 Å². The lowest BCUT2D eigenvalue weighted by Crippen LogP contribution is -2.43. The van der Waals surface area contributed by atoms with Crippen molar-refractivity contribution in [3.8, 4) is 5.75 Å². The van der Waals surface area contributed by atoms with Crippen LogP contribution in [0.4, 0.5) is 5.69 Å². The molecule has 0 aromatic heterocycles. The summed E-state index contributed by atoms with van der Waals surface area (Å²) >= 11 is 0. The highest BCUT2D eigenvalue weighted by molar-refractivity contribution is 7.91. The fraction of sp³-hybridized carbons (Fsp3) is 0.333. The van der Waals surface area contributed by atoms with Gasteiger partial charge in [-0.3, -0.25) is 9.59 Å². The molecule has 7 nitrogen and oxygen atoms in total. The van der Waals surface area contributed by atoms with Crippen LogP contribution in [0.15, 0.2) is 60.7 Å². The standard InChI is InChI=1S/C21H23NO6S/c23-20(15-28-21(24)11-13-27-19-9-5-2-6-10-19)22(17-7-3-1-4-8-17)18-12-14-29(25,26)16-18/h1-10,18H,11-16H2/t18-/m0/s1. The van der Waals surface area contributed by atoms with Gasteiger partial charge in [-0.1, -0.05) is 36.4 Å². The zero-order chi connectivity index (χ0) is 20.7. The van der Waals surface area contributed by atoms with E-state index >= 15 is 0 Å². The number of hydrogen-bond donors (Lipinski definition) is 0. The third-order valence-corrected chi connectivity index (χ3v) is 6.30. The number of rotatable bonds is 8. The minimum Gasteiger partial charge on any atom is -0.493 e. The number of esters is 1. The minimum atomic E-state index is -3.17. The van der Waals surface area contributed by atoms with E-state index in [2.05, 4.69) is 0 Å². The third kappa shape index (κ3) is 6.05. The number of ether oxygens (including phenoxy) is 2. The average Bonchev–Trinajstić information content (AvgIpc) is 3.07. The van der Waals surface area contributed by atoms with Crippen LogP contribution in [0.25, 0.3) is 0 Å². The fourth-order valence-electron chi connectivity index (χ4n) is 3.18. The van der Waals surface area contributed by atoms with E-state index in [-0.39, 0.29) is 24.5 Å². The molecule has 29 heavy (non-hydrogen) atoms. The zero-order valence-electron chi connectivity index (χ0n) is 15.9. The first-order valence-electron chi connectivity index (χ1n) is 9.35. The van der Waals surface area contributed by atoms with E-state index < -0.39 is 34.4 Å². The normalized spacial score (nSPS) is 17.4. The molecule has 154 valence electrons. The molecule has 0 saturated carbocycles. The van der Waals surface area contributed by atoms with Gasteiger partial charge in [-0.25, -0.2) is 8.42 Å². The SMILES string of the molecule is O=C(CCOc1ccccc1)OCC(=O)N(c1ccccc1)[C@H]1CCS(=O)(=O)C1. The van der Waals surface area contributed by atoms with Gasteiger partial charge in [0.15, 0.2) is 16.4 Å². The van der Waals surface area contributed by atoms with Crippen LogP contribution in [0.5, 0.6) is 5.75 Å². The molecule has 1 aliphatic heterocycles. The monoisotopic (exact) mass is 417 g/mol. The maximum atomic E-state index is 12.8. The summed E-state index contributed by atoms with van der Waals surface area (Å²) in [7, 11) is -3.17. The molecule has 0 N–H and O–H groups in total. The average molecular weight is 417 g/mol. The van der Waals surface area contributed by atoms with E-state index in [1.165, 1.54) is 4.90 Å². The molecule has 2 aromatic carbocycles. The molecule has 1 atom stereocenters. The quantitative estimate of drug-likeness (QED) is 0.612. The zero-order valence-corrected chi connectivity index (χ0v) is 16.7. The first-order chi connectivity index (χ1) is 13.9. The lowest BCUT2D eigenvalue weighted by Gasteiger charge is -2.28.